The van der Waals surface area contributed by atoms with E-state index in [-0.39, 0.29) is 18.6 Å². The van der Waals surface area contributed by atoms with Gasteiger partial charge >= 0.3 is 6.03 Å². The van der Waals surface area contributed by atoms with Crippen LogP contribution in [0.1, 0.15) is 35.8 Å². The Kier molecular flexibility index (Phi) is 5.67. The molecule has 0 unspecified atom stereocenters. The van der Waals surface area contributed by atoms with Gasteiger partial charge in [-0.1, -0.05) is 18.2 Å². The van der Waals surface area contributed by atoms with Gasteiger partial charge in [0.05, 0.1) is 30.8 Å². The second kappa shape index (κ2) is 8.14. The van der Waals surface area contributed by atoms with Gasteiger partial charge in [-0.3, -0.25) is 0 Å². The van der Waals surface area contributed by atoms with Crippen LogP contribution in [0.2, 0.25) is 0 Å². The predicted molar refractivity (Wildman–Crippen MR) is 94.7 cm³/mol. The van der Waals surface area contributed by atoms with Crippen molar-refractivity contribution in [1.82, 2.24) is 10.2 Å². The molecule has 3 rings (SSSR count). The first-order valence-electron chi connectivity index (χ1n) is 8.60. The molecule has 1 N–H and O–H groups in total. The lowest BCUT2D eigenvalue weighted by molar-refractivity contribution is -0.0159. The van der Waals surface area contributed by atoms with Crippen molar-refractivity contribution in [1.29, 1.82) is 5.26 Å². The number of morpholine rings is 1. The van der Waals surface area contributed by atoms with Gasteiger partial charge in [0.25, 0.3) is 0 Å². The Morgan fingerprint density at radius 3 is 2.85 bits per heavy atom. The summed E-state index contributed by atoms with van der Waals surface area (Å²) in [5, 5.41) is 11.9. The first-order chi connectivity index (χ1) is 13.0. The summed E-state index contributed by atoms with van der Waals surface area (Å²) in [5.41, 5.74) is 1.84. The lowest BCUT2D eigenvalue weighted by atomic mass is 10.1. The van der Waals surface area contributed by atoms with Gasteiger partial charge in [0.15, 0.2) is 11.6 Å². The number of hydrogen-bond donors (Lipinski definition) is 1. The zero-order valence-electron chi connectivity index (χ0n) is 14.8. The van der Waals surface area contributed by atoms with Gasteiger partial charge in [0, 0.05) is 6.54 Å². The number of nitriles is 1. The molecular formula is C20H19F2N3O2. The molecule has 0 spiro atoms. The van der Waals surface area contributed by atoms with Crippen LogP contribution in [0.25, 0.3) is 0 Å². The minimum Gasteiger partial charge on any atom is -0.370 e. The van der Waals surface area contributed by atoms with Gasteiger partial charge in [0.2, 0.25) is 0 Å². The number of halogens is 2. The van der Waals surface area contributed by atoms with Crippen LogP contribution in [0.4, 0.5) is 13.6 Å². The number of hydrogen-bond acceptors (Lipinski definition) is 3. The normalized spacial score (nSPS) is 17.9. The maximum atomic E-state index is 13.5. The molecule has 2 atom stereocenters. The average Bonchev–Trinajstić information content (AvgIpc) is 2.70. The van der Waals surface area contributed by atoms with Crippen molar-refractivity contribution in [3.8, 4) is 6.07 Å². The summed E-state index contributed by atoms with van der Waals surface area (Å²) >= 11 is 0. The highest BCUT2D eigenvalue weighted by atomic mass is 19.2. The smallest absolute Gasteiger partial charge is 0.318 e. The first-order valence-corrected chi connectivity index (χ1v) is 8.60. The summed E-state index contributed by atoms with van der Waals surface area (Å²) in [6, 6.07) is 12.2. The van der Waals surface area contributed by atoms with Crippen molar-refractivity contribution < 1.29 is 18.3 Å². The number of amides is 2. The molecular weight excluding hydrogens is 352 g/mol. The number of rotatable bonds is 3. The highest BCUT2D eigenvalue weighted by Gasteiger charge is 2.27. The van der Waals surface area contributed by atoms with Gasteiger partial charge in [-0.15, -0.1) is 0 Å². The molecule has 0 aromatic heterocycles. The van der Waals surface area contributed by atoms with Crippen molar-refractivity contribution in [2.45, 2.75) is 19.1 Å². The molecule has 0 aliphatic carbocycles. The van der Waals surface area contributed by atoms with E-state index in [2.05, 4.69) is 11.4 Å². The van der Waals surface area contributed by atoms with E-state index >= 15 is 0 Å². The Hall–Kier alpha value is -2.98. The number of benzene rings is 2. The molecule has 0 radical (unpaired) electrons. The highest BCUT2D eigenvalue weighted by Crippen LogP contribution is 2.24. The SMILES string of the molecule is C[C@@H](NC(=O)N1CCO[C@@H](c2ccc(F)c(F)c2)C1)c1cccc(C#N)c1. The van der Waals surface area contributed by atoms with Crippen LogP contribution in [0.5, 0.6) is 0 Å². The van der Waals surface area contributed by atoms with Crippen LogP contribution in [-0.2, 0) is 4.74 Å². The van der Waals surface area contributed by atoms with Crippen molar-refractivity contribution in [2.75, 3.05) is 19.7 Å². The minimum atomic E-state index is -0.941. The van der Waals surface area contributed by atoms with E-state index in [4.69, 9.17) is 10.00 Å². The summed E-state index contributed by atoms with van der Waals surface area (Å²) in [7, 11) is 0. The van der Waals surface area contributed by atoms with Crippen LogP contribution < -0.4 is 5.32 Å². The molecule has 2 amide bonds. The maximum Gasteiger partial charge on any atom is 0.318 e. The molecule has 0 saturated carbocycles. The molecule has 1 saturated heterocycles. The number of urea groups is 1. The van der Waals surface area contributed by atoms with Gasteiger partial charge < -0.3 is 15.0 Å². The second-order valence-corrected chi connectivity index (χ2v) is 6.39. The van der Waals surface area contributed by atoms with E-state index in [9.17, 15) is 13.6 Å². The highest BCUT2D eigenvalue weighted by molar-refractivity contribution is 5.75. The lowest BCUT2D eigenvalue weighted by Gasteiger charge is -2.34. The maximum absolute atomic E-state index is 13.5. The zero-order valence-corrected chi connectivity index (χ0v) is 14.8. The standard InChI is InChI=1S/C20H19F2N3O2/c1-13(15-4-2-3-14(9-15)11-23)24-20(26)25-7-8-27-19(12-25)16-5-6-17(21)18(22)10-16/h2-6,9-10,13,19H,7-8,12H2,1H3,(H,24,26)/t13-,19-/m1/s1. The Balaban J connectivity index is 1.65. The first kappa shape index (κ1) is 18.8. The molecule has 0 bridgehead atoms. The summed E-state index contributed by atoms with van der Waals surface area (Å²) < 4.78 is 32.2. The summed E-state index contributed by atoms with van der Waals surface area (Å²) in [6.45, 7) is 2.77. The number of carbonyl (C=O) groups excluding carboxylic acids is 1. The molecule has 2 aromatic carbocycles. The van der Waals surface area contributed by atoms with Gasteiger partial charge in [0.1, 0.15) is 6.10 Å². The van der Waals surface area contributed by atoms with Crippen molar-refractivity contribution >= 4 is 6.03 Å². The van der Waals surface area contributed by atoms with E-state index < -0.39 is 17.7 Å². The van der Waals surface area contributed by atoms with Gasteiger partial charge in [-0.25, -0.2) is 13.6 Å². The van der Waals surface area contributed by atoms with E-state index in [1.807, 2.05) is 13.0 Å². The van der Waals surface area contributed by atoms with Crippen LogP contribution in [-0.4, -0.2) is 30.6 Å². The summed E-state index contributed by atoms with van der Waals surface area (Å²) in [6.07, 6.45) is -0.517. The Morgan fingerprint density at radius 1 is 1.30 bits per heavy atom. The van der Waals surface area contributed by atoms with Crippen molar-refractivity contribution in [3.63, 3.8) is 0 Å². The average molecular weight is 371 g/mol. The fraction of sp³-hybridized carbons (Fsp3) is 0.300. The van der Waals surface area contributed by atoms with E-state index in [0.717, 1.165) is 17.7 Å². The third-order valence-corrected chi connectivity index (χ3v) is 4.52. The van der Waals surface area contributed by atoms with Crippen LogP contribution in [0, 0.1) is 23.0 Å². The largest absolute Gasteiger partial charge is 0.370 e. The second-order valence-electron chi connectivity index (χ2n) is 6.39. The molecule has 1 aliphatic heterocycles. The molecule has 1 aliphatic rings. The molecule has 1 heterocycles. The molecule has 27 heavy (non-hydrogen) atoms. The van der Waals surface area contributed by atoms with E-state index in [1.54, 1.807) is 23.1 Å². The predicted octanol–water partition coefficient (Wildman–Crippen LogP) is 3.68. The monoisotopic (exact) mass is 371 g/mol. The number of nitrogens with zero attached hydrogens (tertiary/aromatic N) is 2. The fourth-order valence-corrected chi connectivity index (χ4v) is 2.99. The minimum absolute atomic E-state index is 0.238. The summed E-state index contributed by atoms with van der Waals surface area (Å²) in [5.74, 6) is -1.86. The molecule has 2 aromatic rings. The Labute approximate surface area is 156 Å². The summed E-state index contributed by atoms with van der Waals surface area (Å²) in [4.78, 5) is 14.2. The topological polar surface area (TPSA) is 65.4 Å². The van der Waals surface area contributed by atoms with Crippen LogP contribution in [0.15, 0.2) is 42.5 Å². The Morgan fingerprint density at radius 2 is 2.11 bits per heavy atom. The third kappa shape index (κ3) is 4.41. The molecule has 7 heteroatoms. The van der Waals surface area contributed by atoms with Gasteiger partial charge in [-0.05, 0) is 42.3 Å². The van der Waals surface area contributed by atoms with E-state index in [0.29, 0.717) is 24.3 Å². The van der Waals surface area contributed by atoms with Crippen LogP contribution in [0.3, 0.4) is 0 Å². The lowest BCUT2D eigenvalue weighted by Crippen LogP contribution is -2.47. The zero-order chi connectivity index (χ0) is 19.4. The third-order valence-electron chi connectivity index (χ3n) is 4.52. The quantitative estimate of drug-likeness (QED) is 0.895. The van der Waals surface area contributed by atoms with Crippen LogP contribution >= 0.6 is 0 Å². The van der Waals surface area contributed by atoms with E-state index in [1.165, 1.54) is 6.07 Å². The molecule has 1 fully saturated rings. The molecule has 140 valence electrons. The van der Waals surface area contributed by atoms with Gasteiger partial charge in [-0.2, -0.15) is 5.26 Å². The fourth-order valence-electron chi connectivity index (χ4n) is 2.99. The van der Waals surface area contributed by atoms with Crippen molar-refractivity contribution in [3.05, 3.63) is 70.8 Å². The Bertz CT molecular complexity index is 882. The number of carbonyl (C=O) groups is 1. The number of ether oxygens (including phenoxy) is 1. The molecule has 5 nitrogen and oxygen atoms in total. The number of nitrogens with one attached hydrogen (secondary N) is 1. The van der Waals surface area contributed by atoms with Crippen molar-refractivity contribution in [2.24, 2.45) is 0 Å².